The zero-order chi connectivity index (χ0) is 14.7. The summed E-state index contributed by atoms with van der Waals surface area (Å²) in [5.41, 5.74) is 5.00. The Morgan fingerprint density at radius 3 is 2.05 bits per heavy atom. The minimum Gasteiger partial charge on any atom is -0.508 e. The van der Waals surface area contributed by atoms with Gasteiger partial charge in [0.1, 0.15) is 11.5 Å². The summed E-state index contributed by atoms with van der Waals surface area (Å²) in [5, 5.41) is 20.3. The number of hydrogen-bond acceptors (Lipinski definition) is 2. The van der Waals surface area contributed by atoms with E-state index in [4.69, 9.17) is 0 Å². The highest BCUT2D eigenvalue weighted by molar-refractivity contribution is 5.76. The Kier molecular flexibility index (Phi) is 4.33. The summed E-state index contributed by atoms with van der Waals surface area (Å²) in [5.74, 6) is 0.487. The quantitative estimate of drug-likeness (QED) is 0.806. The Balaban J connectivity index is 2.64. The van der Waals surface area contributed by atoms with Crippen molar-refractivity contribution < 1.29 is 10.2 Å². The largest absolute Gasteiger partial charge is 0.508 e. The second-order valence-electron chi connectivity index (χ2n) is 5.05. The first-order valence-electron chi connectivity index (χ1n) is 7.27. The van der Waals surface area contributed by atoms with Crippen LogP contribution in [0.25, 0.3) is 11.1 Å². The number of rotatable bonds is 4. The van der Waals surface area contributed by atoms with Gasteiger partial charge in [-0.25, -0.2) is 0 Å². The molecule has 2 rings (SSSR count). The summed E-state index contributed by atoms with van der Waals surface area (Å²) in [6.07, 6.45) is 2.60. The highest BCUT2D eigenvalue weighted by Crippen LogP contribution is 2.38. The van der Waals surface area contributed by atoms with E-state index in [1.807, 2.05) is 13.0 Å². The van der Waals surface area contributed by atoms with Crippen molar-refractivity contribution in [1.29, 1.82) is 0 Å². The molecule has 0 aliphatic carbocycles. The topological polar surface area (TPSA) is 40.5 Å². The molecule has 0 radical (unpaired) electrons. The van der Waals surface area contributed by atoms with E-state index in [0.717, 1.165) is 29.5 Å². The molecule has 2 N–H and O–H groups in total. The molecule has 0 aliphatic heterocycles. The molecule has 2 nitrogen and oxygen atoms in total. The van der Waals surface area contributed by atoms with Gasteiger partial charge in [-0.3, -0.25) is 0 Å². The van der Waals surface area contributed by atoms with Crippen molar-refractivity contribution >= 4 is 0 Å². The van der Waals surface area contributed by atoms with Gasteiger partial charge >= 0.3 is 0 Å². The molecule has 0 heterocycles. The molecule has 0 fully saturated rings. The van der Waals surface area contributed by atoms with Gasteiger partial charge in [-0.2, -0.15) is 0 Å². The summed E-state index contributed by atoms with van der Waals surface area (Å²) < 4.78 is 0. The Morgan fingerprint density at radius 1 is 0.750 bits per heavy atom. The van der Waals surface area contributed by atoms with E-state index >= 15 is 0 Å². The summed E-state index contributed by atoms with van der Waals surface area (Å²) in [7, 11) is 0. The van der Waals surface area contributed by atoms with Crippen LogP contribution in [0.4, 0.5) is 0 Å². The lowest BCUT2D eigenvalue weighted by Gasteiger charge is -2.14. The van der Waals surface area contributed by atoms with Crippen molar-refractivity contribution in [2.75, 3.05) is 0 Å². The average Bonchev–Trinajstić information content (AvgIpc) is 2.48. The molecule has 0 bridgehead atoms. The minimum absolute atomic E-state index is 0.205. The molecule has 0 spiro atoms. The minimum atomic E-state index is 0.205. The third kappa shape index (κ3) is 2.64. The van der Waals surface area contributed by atoms with Gasteiger partial charge in [-0.1, -0.05) is 39.0 Å². The highest BCUT2D eigenvalue weighted by Gasteiger charge is 2.13. The van der Waals surface area contributed by atoms with Crippen molar-refractivity contribution in [1.82, 2.24) is 0 Å². The van der Waals surface area contributed by atoms with Gasteiger partial charge in [0.05, 0.1) is 0 Å². The first-order valence-corrected chi connectivity index (χ1v) is 7.27. The van der Waals surface area contributed by atoms with Gasteiger partial charge in [0.25, 0.3) is 0 Å². The lowest BCUT2D eigenvalue weighted by atomic mass is 9.93. The molecule has 0 atom stereocenters. The second kappa shape index (κ2) is 6.00. The summed E-state index contributed by atoms with van der Waals surface area (Å²) in [6.45, 7) is 6.22. The second-order valence-corrected chi connectivity index (χ2v) is 5.05. The molecule has 2 heteroatoms. The first-order chi connectivity index (χ1) is 9.60. The van der Waals surface area contributed by atoms with E-state index < -0.39 is 0 Å². The molecular formula is C18H22O2. The zero-order valence-electron chi connectivity index (χ0n) is 12.4. The molecule has 106 valence electrons. The normalized spacial score (nSPS) is 10.8. The van der Waals surface area contributed by atoms with Gasteiger partial charge in [-0.15, -0.1) is 0 Å². The van der Waals surface area contributed by atoms with Crippen LogP contribution in [-0.4, -0.2) is 10.2 Å². The third-order valence-electron chi connectivity index (χ3n) is 3.80. The number of aromatic hydroxyl groups is 2. The van der Waals surface area contributed by atoms with E-state index in [0.29, 0.717) is 6.42 Å². The monoisotopic (exact) mass is 270 g/mol. The van der Waals surface area contributed by atoms with Crippen LogP contribution in [0, 0.1) is 0 Å². The molecule has 0 amide bonds. The lowest BCUT2D eigenvalue weighted by Crippen LogP contribution is -1.93. The van der Waals surface area contributed by atoms with Crippen LogP contribution in [0.1, 0.15) is 37.5 Å². The number of phenols is 2. The van der Waals surface area contributed by atoms with E-state index in [9.17, 15) is 10.2 Å². The third-order valence-corrected chi connectivity index (χ3v) is 3.80. The van der Waals surface area contributed by atoms with Gasteiger partial charge < -0.3 is 10.2 Å². The number of hydrogen-bond donors (Lipinski definition) is 2. The van der Waals surface area contributed by atoms with Gasteiger partial charge in [-0.05, 0) is 53.6 Å². The molecule has 0 aromatic heterocycles. The van der Waals surface area contributed by atoms with Crippen LogP contribution in [-0.2, 0) is 19.3 Å². The molecule has 20 heavy (non-hydrogen) atoms. The molecule has 0 aliphatic rings. The fourth-order valence-corrected chi connectivity index (χ4v) is 2.57. The molecule has 0 saturated heterocycles. The standard InChI is InChI=1S/C18H22O2/c1-4-12-7-8-16(13(5-2)9-12)17-11-15(19)10-14(6-3)18(17)20/h7-11,19-20H,4-6H2,1-3H3. The predicted octanol–water partition coefficient (Wildman–Crippen LogP) is 4.45. The summed E-state index contributed by atoms with van der Waals surface area (Å²) >= 11 is 0. The van der Waals surface area contributed by atoms with Crippen LogP contribution in [0.3, 0.4) is 0 Å². The van der Waals surface area contributed by atoms with Crippen molar-refractivity contribution in [2.45, 2.75) is 40.0 Å². The Morgan fingerprint density at radius 2 is 1.45 bits per heavy atom. The van der Waals surface area contributed by atoms with Crippen LogP contribution in [0.2, 0.25) is 0 Å². The fourth-order valence-electron chi connectivity index (χ4n) is 2.57. The summed E-state index contributed by atoms with van der Waals surface area (Å²) in [6, 6.07) is 9.60. The van der Waals surface area contributed by atoms with Crippen LogP contribution >= 0.6 is 0 Å². The molecule has 0 unspecified atom stereocenters. The summed E-state index contributed by atoms with van der Waals surface area (Å²) in [4.78, 5) is 0. The molecule has 0 saturated carbocycles. The maximum Gasteiger partial charge on any atom is 0.126 e. The average molecular weight is 270 g/mol. The van der Waals surface area contributed by atoms with Crippen LogP contribution < -0.4 is 0 Å². The smallest absolute Gasteiger partial charge is 0.126 e. The van der Waals surface area contributed by atoms with Crippen LogP contribution in [0.15, 0.2) is 30.3 Å². The van der Waals surface area contributed by atoms with E-state index in [1.54, 1.807) is 12.1 Å². The zero-order valence-corrected chi connectivity index (χ0v) is 12.4. The van der Waals surface area contributed by atoms with E-state index in [1.165, 1.54) is 11.1 Å². The van der Waals surface area contributed by atoms with E-state index in [2.05, 4.69) is 26.0 Å². The maximum atomic E-state index is 10.4. The number of aryl methyl sites for hydroxylation is 3. The van der Waals surface area contributed by atoms with Crippen molar-refractivity contribution in [3.8, 4) is 22.6 Å². The predicted molar refractivity (Wildman–Crippen MR) is 83.3 cm³/mol. The van der Waals surface area contributed by atoms with Crippen molar-refractivity contribution in [2.24, 2.45) is 0 Å². The molecule has 2 aromatic carbocycles. The van der Waals surface area contributed by atoms with Gasteiger partial charge in [0, 0.05) is 5.56 Å². The van der Waals surface area contributed by atoms with E-state index in [-0.39, 0.29) is 11.5 Å². The Bertz CT molecular complexity index is 615. The maximum absolute atomic E-state index is 10.4. The SMILES string of the molecule is CCc1ccc(-c2cc(O)cc(CC)c2O)c(CC)c1. The van der Waals surface area contributed by atoms with Crippen LogP contribution in [0.5, 0.6) is 11.5 Å². The molecular weight excluding hydrogens is 248 g/mol. The number of phenolic OH excluding ortho intramolecular Hbond substituents is 2. The number of benzene rings is 2. The molecule has 2 aromatic rings. The first kappa shape index (κ1) is 14.4. The Labute approximate surface area is 120 Å². The van der Waals surface area contributed by atoms with Crippen molar-refractivity contribution in [3.63, 3.8) is 0 Å². The highest BCUT2D eigenvalue weighted by atomic mass is 16.3. The van der Waals surface area contributed by atoms with Gasteiger partial charge in [0.2, 0.25) is 0 Å². The lowest BCUT2D eigenvalue weighted by molar-refractivity contribution is 0.456. The van der Waals surface area contributed by atoms with Crippen molar-refractivity contribution in [3.05, 3.63) is 47.0 Å². The van der Waals surface area contributed by atoms with Gasteiger partial charge in [0.15, 0.2) is 0 Å². The fraction of sp³-hybridized carbons (Fsp3) is 0.333. The Hall–Kier alpha value is -1.96.